The maximum atomic E-state index is 11.4. The Balaban J connectivity index is 1.83. The second-order valence-electron chi connectivity index (χ2n) is 5.21. The van der Waals surface area contributed by atoms with Crippen molar-refractivity contribution in [1.29, 1.82) is 0 Å². The summed E-state index contributed by atoms with van der Waals surface area (Å²) >= 11 is 0. The number of rotatable bonds is 4. The SMILES string of the molecule is CC(=O)C1=Cc2cc(N=Nc3ccc([N+](=O)[O-])cc3)ccc2OC1. The molecule has 2 aromatic carbocycles. The van der Waals surface area contributed by atoms with E-state index in [1.807, 2.05) is 0 Å². The zero-order chi connectivity index (χ0) is 17.1. The van der Waals surface area contributed by atoms with Gasteiger partial charge in [-0.2, -0.15) is 10.2 Å². The summed E-state index contributed by atoms with van der Waals surface area (Å²) in [6, 6.07) is 11.1. The van der Waals surface area contributed by atoms with Crippen LogP contribution in [0.4, 0.5) is 17.1 Å². The summed E-state index contributed by atoms with van der Waals surface area (Å²) < 4.78 is 5.53. The topological polar surface area (TPSA) is 94.2 Å². The van der Waals surface area contributed by atoms with Gasteiger partial charge in [0.15, 0.2) is 5.78 Å². The predicted octanol–water partition coefficient (Wildman–Crippen LogP) is 4.38. The Labute approximate surface area is 137 Å². The van der Waals surface area contributed by atoms with E-state index in [0.29, 0.717) is 22.7 Å². The molecule has 0 unspecified atom stereocenters. The summed E-state index contributed by atoms with van der Waals surface area (Å²) in [4.78, 5) is 21.6. The van der Waals surface area contributed by atoms with Gasteiger partial charge >= 0.3 is 0 Å². The molecular weight excluding hydrogens is 310 g/mol. The van der Waals surface area contributed by atoms with Crippen LogP contribution in [0, 0.1) is 10.1 Å². The summed E-state index contributed by atoms with van der Waals surface area (Å²) in [5.41, 5.74) is 2.48. The first kappa shape index (κ1) is 15.5. The maximum Gasteiger partial charge on any atom is 0.269 e. The second kappa shape index (κ2) is 6.41. The molecule has 1 aliphatic rings. The lowest BCUT2D eigenvalue weighted by Crippen LogP contribution is -2.12. The Hall–Kier alpha value is -3.35. The molecule has 0 aromatic heterocycles. The molecule has 7 heteroatoms. The maximum absolute atomic E-state index is 11.4. The smallest absolute Gasteiger partial charge is 0.269 e. The Kier molecular flexibility index (Phi) is 4.15. The molecule has 1 heterocycles. The van der Waals surface area contributed by atoms with Crippen LogP contribution in [0.3, 0.4) is 0 Å². The van der Waals surface area contributed by atoms with Crippen LogP contribution >= 0.6 is 0 Å². The Morgan fingerprint density at radius 3 is 2.46 bits per heavy atom. The molecule has 2 aromatic rings. The van der Waals surface area contributed by atoms with Crippen LogP contribution in [-0.2, 0) is 4.79 Å². The third-order valence-electron chi connectivity index (χ3n) is 3.50. The Morgan fingerprint density at radius 2 is 1.79 bits per heavy atom. The van der Waals surface area contributed by atoms with Gasteiger partial charge in [-0.25, -0.2) is 0 Å². The first-order chi connectivity index (χ1) is 11.5. The first-order valence-corrected chi connectivity index (χ1v) is 7.17. The van der Waals surface area contributed by atoms with Crippen molar-refractivity contribution in [2.45, 2.75) is 6.92 Å². The zero-order valence-electron chi connectivity index (χ0n) is 12.8. The van der Waals surface area contributed by atoms with E-state index in [2.05, 4.69) is 10.2 Å². The lowest BCUT2D eigenvalue weighted by molar-refractivity contribution is -0.384. The zero-order valence-corrected chi connectivity index (χ0v) is 12.8. The normalized spacial score (nSPS) is 13.1. The highest BCUT2D eigenvalue weighted by Crippen LogP contribution is 2.31. The number of benzene rings is 2. The van der Waals surface area contributed by atoms with E-state index in [-0.39, 0.29) is 18.1 Å². The molecule has 120 valence electrons. The van der Waals surface area contributed by atoms with E-state index >= 15 is 0 Å². The largest absolute Gasteiger partial charge is 0.488 e. The van der Waals surface area contributed by atoms with Crippen molar-refractivity contribution in [3.05, 3.63) is 63.7 Å². The minimum Gasteiger partial charge on any atom is -0.488 e. The first-order valence-electron chi connectivity index (χ1n) is 7.17. The van der Waals surface area contributed by atoms with Gasteiger partial charge in [0.25, 0.3) is 5.69 Å². The molecule has 0 bridgehead atoms. The van der Waals surface area contributed by atoms with E-state index in [1.165, 1.54) is 31.2 Å². The minimum absolute atomic E-state index is 0.00165. The van der Waals surface area contributed by atoms with E-state index < -0.39 is 4.92 Å². The third-order valence-corrected chi connectivity index (χ3v) is 3.50. The van der Waals surface area contributed by atoms with Crippen molar-refractivity contribution in [2.75, 3.05) is 6.61 Å². The number of carbonyl (C=O) groups excluding carboxylic acids is 1. The number of hydrogen-bond acceptors (Lipinski definition) is 6. The Morgan fingerprint density at radius 1 is 1.12 bits per heavy atom. The van der Waals surface area contributed by atoms with Gasteiger partial charge in [-0.05, 0) is 43.3 Å². The fraction of sp³-hybridized carbons (Fsp3) is 0.118. The average molecular weight is 323 g/mol. The van der Waals surface area contributed by atoms with Crippen LogP contribution < -0.4 is 4.74 Å². The van der Waals surface area contributed by atoms with Gasteiger partial charge in [0.1, 0.15) is 12.4 Å². The second-order valence-corrected chi connectivity index (χ2v) is 5.21. The molecule has 3 rings (SSSR count). The van der Waals surface area contributed by atoms with Crippen LogP contribution in [-0.4, -0.2) is 17.3 Å². The third kappa shape index (κ3) is 3.35. The molecular formula is C17H13N3O4. The van der Waals surface area contributed by atoms with Gasteiger partial charge in [0, 0.05) is 23.3 Å². The molecule has 24 heavy (non-hydrogen) atoms. The van der Waals surface area contributed by atoms with Crippen molar-refractivity contribution < 1.29 is 14.5 Å². The fourth-order valence-corrected chi connectivity index (χ4v) is 2.19. The monoisotopic (exact) mass is 323 g/mol. The van der Waals surface area contributed by atoms with Crippen molar-refractivity contribution in [2.24, 2.45) is 10.2 Å². The van der Waals surface area contributed by atoms with E-state index in [1.54, 1.807) is 24.3 Å². The van der Waals surface area contributed by atoms with Crippen LogP contribution in [0.1, 0.15) is 12.5 Å². The quantitative estimate of drug-likeness (QED) is 0.474. The number of non-ortho nitro benzene ring substituents is 1. The molecule has 1 aliphatic heterocycles. The lowest BCUT2D eigenvalue weighted by atomic mass is 10.0. The molecule has 0 saturated carbocycles. The van der Waals surface area contributed by atoms with E-state index in [0.717, 1.165) is 5.56 Å². The standard InChI is InChI=1S/C17H13N3O4/c1-11(21)13-8-12-9-15(4-7-17(12)24-10-13)19-18-14-2-5-16(6-3-14)20(22)23/h2-9H,10H2,1H3. The molecule has 7 nitrogen and oxygen atoms in total. The molecule has 0 N–H and O–H groups in total. The van der Waals surface area contributed by atoms with Crippen LogP contribution in [0.2, 0.25) is 0 Å². The summed E-state index contributed by atoms with van der Waals surface area (Å²) in [5.74, 6) is 0.660. The molecule has 0 radical (unpaired) electrons. The number of Topliss-reactive ketones (excluding diaryl/α,β-unsaturated/α-hetero) is 1. The molecule has 0 spiro atoms. The van der Waals surface area contributed by atoms with Gasteiger partial charge in [0.2, 0.25) is 0 Å². The molecule has 0 aliphatic carbocycles. The molecule has 0 atom stereocenters. The van der Waals surface area contributed by atoms with Gasteiger partial charge in [0.05, 0.1) is 16.3 Å². The van der Waals surface area contributed by atoms with Crippen LogP contribution in [0.5, 0.6) is 5.75 Å². The number of nitro benzene ring substituents is 1. The average Bonchev–Trinajstić information content (AvgIpc) is 2.59. The van der Waals surface area contributed by atoms with E-state index in [4.69, 9.17) is 4.74 Å². The number of fused-ring (bicyclic) bond motifs is 1. The molecule has 0 amide bonds. The number of azo groups is 1. The highest BCUT2D eigenvalue weighted by molar-refractivity contribution is 5.99. The fourth-order valence-electron chi connectivity index (χ4n) is 2.19. The summed E-state index contributed by atoms with van der Waals surface area (Å²) in [6.07, 6.45) is 1.78. The number of hydrogen-bond donors (Lipinski definition) is 0. The summed E-state index contributed by atoms with van der Waals surface area (Å²) in [7, 11) is 0. The van der Waals surface area contributed by atoms with Gasteiger partial charge in [-0.3, -0.25) is 14.9 Å². The highest BCUT2D eigenvalue weighted by Gasteiger charge is 2.14. The predicted molar refractivity (Wildman–Crippen MR) is 87.9 cm³/mol. The highest BCUT2D eigenvalue weighted by atomic mass is 16.6. The van der Waals surface area contributed by atoms with Gasteiger partial charge in [-0.1, -0.05) is 0 Å². The van der Waals surface area contributed by atoms with Crippen molar-refractivity contribution in [3.63, 3.8) is 0 Å². The Bertz CT molecular complexity index is 870. The number of ketones is 1. The number of nitrogens with zero attached hydrogens (tertiary/aromatic N) is 3. The van der Waals surface area contributed by atoms with Crippen molar-refractivity contribution in [3.8, 4) is 5.75 Å². The van der Waals surface area contributed by atoms with E-state index in [9.17, 15) is 14.9 Å². The van der Waals surface area contributed by atoms with Crippen LogP contribution in [0.25, 0.3) is 6.08 Å². The van der Waals surface area contributed by atoms with Gasteiger partial charge < -0.3 is 4.74 Å². The number of ether oxygens (including phenoxy) is 1. The van der Waals surface area contributed by atoms with Crippen molar-refractivity contribution >= 4 is 28.9 Å². The van der Waals surface area contributed by atoms with Gasteiger partial charge in [-0.15, -0.1) is 0 Å². The molecule has 0 saturated heterocycles. The number of nitro groups is 1. The lowest BCUT2D eigenvalue weighted by Gasteiger charge is -2.16. The number of carbonyl (C=O) groups is 1. The van der Waals surface area contributed by atoms with Crippen LogP contribution in [0.15, 0.2) is 58.3 Å². The minimum atomic E-state index is -0.469. The summed E-state index contributed by atoms with van der Waals surface area (Å²) in [5, 5.41) is 18.8. The molecule has 0 fully saturated rings. The summed E-state index contributed by atoms with van der Waals surface area (Å²) in [6.45, 7) is 1.77. The van der Waals surface area contributed by atoms with Crippen molar-refractivity contribution in [1.82, 2.24) is 0 Å².